The number of hydrogen-bond acceptors (Lipinski definition) is 3. The maximum atomic E-state index is 5.11. The number of nitrogens with zero attached hydrogens (tertiary/aromatic N) is 1. The first-order valence-corrected chi connectivity index (χ1v) is 6.68. The van der Waals surface area contributed by atoms with Crippen LogP contribution in [0, 0.1) is 0 Å². The van der Waals surface area contributed by atoms with Crippen molar-refractivity contribution in [3.8, 4) is 10.6 Å². The molecule has 0 bridgehead atoms. The first kappa shape index (κ1) is 11.4. The second-order valence-corrected chi connectivity index (χ2v) is 4.96. The van der Waals surface area contributed by atoms with Crippen LogP contribution in [0.15, 0.2) is 47.8 Å². The summed E-state index contributed by atoms with van der Waals surface area (Å²) in [5, 5.41) is 5.61. The van der Waals surface area contributed by atoms with E-state index < -0.39 is 0 Å². The molecule has 0 saturated carbocycles. The third-order valence-electron chi connectivity index (χ3n) is 2.86. The van der Waals surface area contributed by atoms with Gasteiger partial charge in [0.05, 0.1) is 12.3 Å². The van der Waals surface area contributed by atoms with Crippen molar-refractivity contribution in [2.45, 2.75) is 6.61 Å². The minimum atomic E-state index is 0.571. The van der Waals surface area contributed by atoms with Gasteiger partial charge in [0.25, 0.3) is 0 Å². The van der Waals surface area contributed by atoms with Crippen molar-refractivity contribution >= 4 is 22.1 Å². The van der Waals surface area contributed by atoms with Crippen LogP contribution in [0.4, 0.5) is 0 Å². The fourth-order valence-electron chi connectivity index (χ4n) is 2.06. The summed E-state index contributed by atoms with van der Waals surface area (Å²) in [6, 6.07) is 14.7. The Morgan fingerprint density at radius 2 is 1.94 bits per heavy atom. The van der Waals surface area contributed by atoms with E-state index in [0.717, 1.165) is 10.7 Å². The molecule has 0 spiro atoms. The van der Waals surface area contributed by atoms with Crippen LogP contribution < -0.4 is 0 Å². The van der Waals surface area contributed by atoms with Gasteiger partial charge in [0, 0.05) is 18.1 Å². The van der Waals surface area contributed by atoms with Gasteiger partial charge >= 0.3 is 0 Å². The van der Waals surface area contributed by atoms with E-state index in [1.807, 2.05) is 0 Å². The van der Waals surface area contributed by atoms with Crippen molar-refractivity contribution in [2.24, 2.45) is 0 Å². The first-order valence-electron chi connectivity index (χ1n) is 5.80. The molecule has 3 rings (SSSR count). The van der Waals surface area contributed by atoms with Gasteiger partial charge in [-0.25, -0.2) is 4.98 Å². The highest BCUT2D eigenvalue weighted by molar-refractivity contribution is 7.13. The van der Waals surface area contributed by atoms with Crippen LogP contribution in [0.3, 0.4) is 0 Å². The van der Waals surface area contributed by atoms with E-state index in [1.54, 1.807) is 18.4 Å². The van der Waals surface area contributed by atoms with Crippen LogP contribution in [0.25, 0.3) is 21.3 Å². The lowest BCUT2D eigenvalue weighted by Crippen LogP contribution is -1.87. The highest BCUT2D eigenvalue weighted by Crippen LogP contribution is 2.30. The number of thiazole rings is 1. The van der Waals surface area contributed by atoms with Gasteiger partial charge in [-0.1, -0.05) is 42.5 Å². The quantitative estimate of drug-likeness (QED) is 0.702. The van der Waals surface area contributed by atoms with Crippen LogP contribution in [0.2, 0.25) is 0 Å². The molecule has 0 N–H and O–H groups in total. The normalized spacial score (nSPS) is 10.9. The highest BCUT2D eigenvalue weighted by atomic mass is 32.1. The summed E-state index contributed by atoms with van der Waals surface area (Å²) in [7, 11) is 1.69. The molecule has 0 aliphatic rings. The third-order valence-corrected chi connectivity index (χ3v) is 3.79. The molecule has 0 radical (unpaired) electrons. The number of benzene rings is 2. The van der Waals surface area contributed by atoms with Gasteiger partial charge in [0.1, 0.15) is 5.01 Å². The average Bonchev–Trinajstić information content (AvgIpc) is 2.87. The Morgan fingerprint density at radius 1 is 1.11 bits per heavy atom. The Balaban J connectivity index is 2.12. The fraction of sp³-hybridized carbons (Fsp3) is 0.133. The minimum absolute atomic E-state index is 0.571. The van der Waals surface area contributed by atoms with E-state index in [4.69, 9.17) is 4.74 Å². The third kappa shape index (κ3) is 2.03. The number of aromatic nitrogens is 1. The summed E-state index contributed by atoms with van der Waals surface area (Å²) in [5.74, 6) is 0. The number of ether oxygens (including phenoxy) is 1. The zero-order valence-corrected chi connectivity index (χ0v) is 10.9. The van der Waals surface area contributed by atoms with E-state index in [2.05, 4.69) is 52.8 Å². The average molecular weight is 255 g/mol. The van der Waals surface area contributed by atoms with Gasteiger partial charge in [0.2, 0.25) is 0 Å². The molecule has 0 fully saturated rings. The summed E-state index contributed by atoms with van der Waals surface area (Å²) in [5.41, 5.74) is 2.19. The Hall–Kier alpha value is -1.71. The minimum Gasteiger partial charge on any atom is -0.378 e. The van der Waals surface area contributed by atoms with Gasteiger partial charge in [-0.3, -0.25) is 0 Å². The maximum Gasteiger partial charge on any atom is 0.124 e. The van der Waals surface area contributed by atoms with Crippen molar-refractivity contribution in [3.63, 3.8) is 0 Å². The molecule has 18 heavy (non-hydrogen) atoms. The summed E-state index contributed by atoms with van der Waals surface area (Å²) in [4.78, 5) is 4.61. The van der Waals surface area contributed by atoms with E-state index >= 15 is 0 Å². The number of fused-ring (bicyclic) bond motifs is 1. The van der Waals surface area contributed by atoms with E-state index in [1.165, 1.54) is 16.3 Å². The molecule has 1 aromatic heterocycles. The lowest BCUT2D eigenvalue weighted by Gasteiger charge is -2.03. The smallest absolute Gasteiger partial charge is 0.124 e. The summed E-state index contributed by atoms with van der Waals surface area (Å²) >= 11 is 1.67. The van der Waals surface area contributed by atoms with Crippen LogP contribution in [-0.4, -0.2) is 12.1 Å². The maximum absolute atomic E-state index is 5.11. The van der Waals surface area contributed by atoms with E-state index in [-0.39, 0.29) is 0 Å². The molecule has 1 heterocycles. The van der Waals surface area contributed by atoms with Gasteiger partial charge in [-0.15, -0.1) is 11.3 Å². The zero-order chi connectivity index (χ0) is 12.4. The predicted octanol–water partition coefficient (Wildman–Crippen LogP) is 4.11. The van der Waals surface area contributed by atoms with Crippen molar-refractivity contribution in [1.29, 1.82) is 0 Å². The fourth-order valence-corrected chi connectivity index (χ4v) is 2.90. The number of methoxy groups -OCH3 is 1. The predicted molar refractivity (Wildman–Crippen MR) is 75.8 cm³/mol. The first-order chi connectivity index (χ1) is 8.88. The molecule has 0 unspecified atom stereocenters. The Labute approximate surface area is 110 Å². The van der Waals surface area contributed by atoms with Crippen molar-refractivity contribution < 1.29 is 4.74 Å². The summed E-state index contributed by atoms with van der Waals surface area (Å²) in [6.45, 7) is 0.571. The van der Waals surface area contributed by atoms with Gasteiger partial charge in [0.15, 0.2) is 0 Å². The standard InChI is InChI=1S/C15H13NOS/c1-17-9-12-10-18-15(16-12)14-8-4-6-11-5-2-3-7-13(11)14/h2-8,10H,9H2,1H3. The van der Waals surface area contributed by atoms with Gasteiger partial charge < -0.3 is 4.74 Å². The molecular formula is C15H13NOS. The molecule has 0 saturated heterocycles. The lowest BCUT2D eigenvalue weighted by atomic mass is 10.1. The van der Waals surface area contributed by atoms with E-state index in [0.29, 0.717) is 6.61 Å². The van der Waals surface area contributed by atoms with Crippen molar-refractivity contribution in [2.75, 3.05) is 7.11 Å². The van der Waals surface area contributed by atoms with Crippen LogP contribution >= 0.6 is 11.3 Å². The monoisotopic (exact) mass is 255 g/mol. The van der Waals surface area contributed by atoms with Crippen LogP contribution in [0.1, 0.15) is 5.69 Å². The zero-order valence-electron chi connectivity index (χ0n) is 10.1. The lowest BCUT2D eigenvalue weighted by molar-refractivity contribution is 0.182. The molecule has 0 atom stereocenters. The topological polar surface area (TPSA) is 22.1 Å². The largest absolute Gasteiger partial charge is 0.378 e. The summed E-state index contributed by atoms with van der Waals surface area (Å²) in [6.07, 6.45) is 0. The summed E-state index contributed by atoms with van der Waals surface area (Å²) < 4.78 is 5.11. The molecule has 0 aliphatic carbocycles. The van der Waals surface area contributed by atoms with Gasteiger partial charge in [-0.05, 0) is 10.8 Å². The van der Waals surface area contributed by atoms with Crippen molar-refractivity contribution in [1.82, 2.24) is 4.98 Å². The molecular weight excluding hydrogens is 242 g/mol. The second kappa shape index (κ2) is 4.88. The molecule has 2 aromatic carbocycles. The molecule has 90 valence electrons. The Bertz CT molecular complexity index is 670. The number of rotatable bonds is 3. The molecule has 3 aromatic rings. The van der Waals surface area contributed by atoms with Gasteiger partial charge in [-0.2, -0.15) is 0 Å². The molecule has 2 nitrogen and oxygen atoms in total. The Kier molecular flexibility index (Phi) is 3.09. The van der Waals surface area contributed by atoms with E-state index in [9.17, 15) is 0 Å². The van der Waals surface area contributed by atoms with Crippen LogP contribution in [-0.2, 0) is 11.3 Å². The molecule has 3 heteroatoms. The molecule has 0 amide bonds. The SMILES string of the molecule is COCc1csc(-c2cccc3ccccc23)n1. The second-order valence-electron chi connectivity index (χ2n) is 4.10. The highest BCUT2D eigenvalue weighted by Gasteiger charge is 2.07. The van der Waals surface area contributed by atoms with Crippen molar-refractivity contribution in [3.05, 3.63) is 53.5 Å². The number of hydrogen-bond donors (Lipinski definition) is 0. The molecule has 0 aliphatic heterocycles. The van der Waals surface area contributed by atoms with Crippen LogP contribution in [0.5, 0.6) is 0 Å². The Morgan fingerprint density at radius 3 is 2.83 bits per heavy atom.